The molecule has 3 atom stereocenters. The number of quaternary nitrogens is 1. The van der Waals surface area contributed by atoms with E-state index in [0.29, 0.717) is 30.3 Å². The van der Waals surface area contributed by atoms with E-state index in [0.717, 1.165) is 25.7 Å². The zero-order valence-corrected chi connectivity index (χ0v) is 35.9. The lowest BCUT2D eigenvalue weighted by Gasteiger charge is -2.24. The summed E-state index contributed by atoms with van der Waals surface area (Å²) in [5.74, 6) is -0.419. The molecule has 0 rings (SSSR count). The number of unbranched alkanes of at least 4 members (excludes halogenated alkanes) is 16. The second kappa shape index (κ2) is 36.6. The predicted molar refractivity (Wildman–Crippen MR) is 225 cm³/mol. The van der Waals surface area contributed by atoms with Gasteiger partial charge in [-0.1, -0.05) is 146 Å². The number of allylic oxidation sites excluding steroid dienone is 7. The molecule has 0 spiro atoms. The molecule has 0 aromatic carbocycles. The van der Waals surface area contributed by atoms with Crippen LogP contribution in [0.25, 0.3) is 0 Å². The zero-order chi connectivity index (χ0) is 40.0. The maximum absolute atomic E-state index is 12.6. The molecule has 0 saturated heterocycles. The van der Waals surface area contributed by atoms with Crippen LogP contribution < -0.4 is 0 Å². The average Bonchev–Trinajstić information content (AvgIpc) is 3.11. The molecule has 314 valence electrons. The largest absolute Gasteiger partial charge is 0.498 e. The number of rotatable bonds is 38. The minimum atomic E-state index is -4.32. The number of phosphoric ester groups is 1. The molecule has 9 nitrogen and oxygen atoms in total. The minimum Gasteiger partial charge on any atom is -0.498 e. The summed E-state index contributed by atoms with van der Waals surface area (Å²) in [7, 11) is 1.55. The highest BCUT2D eigenvalue weighted by molar-refractivity contribution is 7.47. The van der Waals surface area contributed by atoms with Crippen molar-refractivity contribution in [3.63, 3.8) is 0 Å². The molecule has 0 aliphatic carbocycles. The fourth-order valence-electron chi connectivity index (χ4n) is 5.35. The second-order valence-electron chi connectivity index (χ2n) is 15.3. The fourth-order valence-corrected chi connectivity index (χ4v) is 6.10. The normalized spacial score (nSPS) is 14.9. The first-order valence-corrected chi connectivity index (χ1v) is 22.7. The van der Waals surface area contributed by atoms with Gasteiger partial charge in [-0.3, -0.25) is 13.8 Å². The van der Waals surface area contributed by atoms with Crippen LogP contribution in [0.1, 0.15) is 155 Å². The van der Waals surface area contributed by atoms with Crippen molar-refractivity contribution >= 4 is 13.8 Å². The van der Waals surface area contributed by atoms with Gasteiger partial charge < -0.3 is 24.0 Å². The Bertz CT molecular complexity index is 1070. The number of aliphatic hydroxyl groups is 1. The van der Waals surface area contributed by atoms with E-state index < -0.39 is 26.0 Å². The van der Waals surface area contributed by atoms with Crippen LogP contribution in [0.2, 0.25) is 0 Å². The summed E-state index contributed by atoms with van der Waals surface area (Å²) in [6, 6.07) is 0. The third-order valence-corrected chi connectivity index (χ3v) is 9.71. The summed E-state index contributed by atoms with van der Waals surface area (Å²) in [4.78, 5) is 22.8. The number of nitrogens with zero attached hydrogens (tertiary/aromatic N) is 1. The number of likely N-dealkylation sites (N-methyl/N-ethyl adjacent to an activating group) is 1. The number of phosphoric acid groups is 1. The molecule has 0 aliphatic rings. The van der Waals surface area contributed by atoms with Gasteiger partial charge in [0, 0.05) is 6.42 Å². The van der Waals surface area contributed by atoms with E-state index in [4.69, 9.17) is 18.5 Å². The van der Waals surface area contributed by atoms with Gasteiger partial charge in [0.15, 0.2) is 6.10 Å². The summed E-state index contributed by atoms with van der Waals surface area (Å²) >= 11 is 0. The van der Waals surface area contributed by atoms with Crippen molar-refractivity contribution in [3.8, 4) is 0 Å². The lowest BCUT2D eigenvalue weighted by molar-refractivity contribution is -0.870. The summed E-state index contributed by atoms with van der Waals surface area (Å²) in [5.41, 5.74) is 0. The lowest BCUT2D eigenvalue weighted by Crippen LogP contribution is -2.37. The Morgan fingerprint density at radius 2 is 1.26 bits per heavy atom. The first-order chi connectivity index (χ1) is 26.0. The predicted octanol–water partition coefficient (Wildman–Crippen LogP) is 11.5. The summed E-state index contributed by atoms with van der Waals surface area (Å²) < 4.78 is 34.6. The van der Waals surface area contributed by atoms with Gasteiger partial charge in [0.1, 0.15) is 19.8 Å². The molecule has 0 heterocycles. The molecule has 0 radical (unpaired) electrons. The molecule has 0 saturated carbocycles. The maximum atomic E-state index is 12.6. The van der Waals surface area contributed by atoms with Crippen LogP contribution in [-0.2, 0) is 27.9 Å². The monoisotopic (exact) mass is 783 g/mol. The molecule has 0 amide bonds. The standard InChI is InChI=1S/C44H80NO8P/c1-6-8-10-12-14-15-16-17-18-19-20-25-29-33-38-50-40-43(41-52-54(48,49)51-39-37-45(3,4)5)53-44(47)36-32-28-24-21-23-27-31-35-42(46)34-30-26-22-13-11-9-7-2/h21-22,24,26-27,30-31,33-34,38,42-43,46H,6-20,23,25,28-29,32,35-37,39-41H2,1-5H3/p+1/b24-21+,26-22-,31-27-,34-30-,38-33+/t42-,43+/m0/s1. The Labute approximate surface area is 331 Å². The van der Waals surface area contributed by atoms with Gasteiger partial charge in [-0.15, -0.1) is 0 Å². The summed E-state index contributed by atoms with van der Waals surface area (Å²) in [6.45, 7) is 4.73. The first kappa shape index (κ1) is 52.0. The van der Waals surface area contributed by atoms with Crippen LogP contribution in [0.5, 0.6) is 0 Å². The van der Waals surface area contributed by atoms with Crippen LogP contribution in [-0.4, -0.2) is 80.2 Å². The van der Waals surface area contributed by atoms with E-state index in [1.54, 1.807) is 12.3 Å². The van der Waals surface area contributed by atoms with E-state index in [-0.39, 0.29) is 26.2 Å². The van der Waals surface area contributed by atoms with E-state index >= 15 is 0 Å². The van der Waals surface area contributed by atoms with Gasteiger partial charge in [-0.05, 0) is 57.4 Å². The SMILES string of the molecule is CCCCC/C=C\C=C/[C@H](O)C/C=C\C/C=C/CCCC(=O)O[C@H](CO/C=C/CCCCCCCCCCCCCC)COP(=O)(O)OCC[N+](C)(C)C. The van der Waals surface area contributed by atoms with Crippen LogP contribution in [0.3, 0.4) is 0 Å². The van der Waals surface area contributed by atoms with Gasteiger partial charge in [-0.25, -0.2) is 4.57 Å². The molecule has 1 unspecified atom stereocenters. The molecule has 10 heteroatoms. The average molecular weight is 783 g/mol. The molecule has 2 N–H and O–H groups in total. The number of ether oxygens (including phenoxy) is 2. The van der Waals surface area contributed by atoms with Crippen LogP contribution in [0.15, 0.2) is 60.9 Å². The van der Waals surface area contributed by atoms with Gasteiger partial charge >= 0.3 is 13.8 Å². The minimum absolute atomic E-state index is 0.00599. The number of hydrogen-bond acceptors (Lipinski definition) is 7. The Hall–Kier alpha value is -2.00. The Balaban J connectivity index is 4.49. The Kier molecular flexibility index (Phi) is 35.3. The van der Waals surface area contributed by atoms with Crippen molar-refractivity contribution in [1.82, 2.24) is 0 Å². The molecule has 0 fully saturated rings. The Morgan fingerprint density at radius 1 is 0.685 bits per heavy atom. The Morgan fingerprint density at radius 3 is 1.93 bits per heavy atom. The fraction of sp³-hybridized carbons (Fsp3) is 0.750. The van der Waals surface area contributed by atoms with Gasteiger partial charge in [0.05, 0.1) is 40.1 Å². The quantitative estimate of drug-likeness (QED) is 0.0121. The topological polar surface area (TPSA) is 112 Å². The van der Waals surface area contributed by atoms with E-state index in [1.165, 1.54) is 89.9 Å². The van der Waals surface area contributed by atoms with Gasteiger partial charge in [0.25, 0.3) is 0 Å². The van der Waals surface area contributed by atoms with Crippen molar-refractivity contribution < 1.29 is 42.4 Å². The van der Waals surface area contributed by atoms with Gasteiger partial charge in [0.2, 0.25) is 0 Å². The van der Waals surface area contributed by atoms with E-state index in [2.05, 4.69) is 19.9 Å². The van der Waals surface area contributed by atoms with Gasteiger partial charge in [-0.2, -0.15) is 0 Å². The van der Waals surface area contributed by atoms with Crippen LogP contribution >= 0.6 is 7.82 Å². The number of carbonyl (C=O) groups excluding carboxylic acids is 1. The molecule has 0 bridgehead atoms. The second-order valence-corrected chi connectivity index (χ2v) is 16.7. The molecule has 0 aromatic heterocycles. The molecule has 54 heavy (non-hydrogen) atoms. The number of hydrogen-bond donors (Lipinski definition) is 2. The van der Waals surface area contributed by atoms with Crippen molar-refractivity contribution in [2.24, 2.45) is 0 Å². The van der Waals surface area contributed by atoms with Crippen molar-refractivity contribution in [3.05, 3.63) is 60.9 Å². The number of aliphatic hydroxyl groups excluding tert-OH is 1. The smallest absolute Gasteiger partial charge is 0.472 e. The van der Waals surface area contributed by atoms with Crippen LogP contribution in [0, 0.1) is 0 Å². The number of esters is 1. The highest BCUT2D eigenvalue weighted by Crippen LogP contribution is 2.43. The zero-order valence-electron chi connectivity index (χ0n) is 35.1. The third-order valence-electron chi connectivity index (χ3n) is 8.73. The van der Waals surface area contributed by atoms with Crippen molar-refractivity contribution in [1.29, 1.82) is 0 Å². The highest BCUT2D eigenvalue weighted by Gasteiger charge is 2.26. The highest BCUT2D eigenvalue weighted by atomic mass is 31.2. The van der Waals surface area contributed by atoms with E-state index in [9.17, 15) is 19.4 Å². The van der Waals surface area contributed by atoms with Crippen molar-refractivity contribution in [2.75, 3.05) is 47.5 Å². The maximum Gasteiger partial charge on any atom is 0.472 e. The van der Waals surface area contributed by atoms with Crippen molar-refractivity contribution in [2.45, 2.75) is 167 Å². The lowest BCUT2D eigenvalue weighted by atomic mass is 10.0. The van der Waals surface area contributed by atoms with E-state index in [1.807, 2.05) is 63.7 Å². The first-order valence-electron chi connectivity index (χ1n) is 21.2. The van der Waals surface area contributed by atoms with Crippen LogP contribution in [0.4, 0.5) is 0 Å². The third kappa shape index (κ3) is 39.7. The number of carbonyl (C=O) groups is 1. The summed E-state index contributed by atoms with van der Waals surface area (Å²) in [6.07, 6.45) is 42.3. The molecule has 0 aromatic rings. The summed E-state index contributed by atoms with van der Waals surface area (Å²) in [5, 5.41) is 10.1. The molecular formula is C44H81NO8P+. The molecule has 0 aliphatic heterocycles. The molecular weight excluding hydrogens is 701 g/mol.